The second-order valence-electron chi connectivity index (χ2n) is 3.89. The molecule has 0 aliphatic carbocycles. The van der Waals surface area contributed by atoms with Crippen molar-refractivity contribution in [3.63, 3.8) is 0 Å². The quantitative estimate of drug-likeness (QED) is 0.874. The van der Waals surface area contributed by atoms with Gasteiger partial charge < -0.3 is 9.88 Å². The lowest BCUT2D eigenvalue weighted by atomic mass is 10.1. The number of hydrogen-bond donors (Lipinski definition) is 1. The number of hydrogen-bond acceptors (Lipinski definition) is 2. The van der Waals surface area contributed by atoms with Gasteiger partial charge in [-0.05, 0) is 28.1 Å². The Morgan fingerprint density at radius 1 is 1.35 bits per heavy atom. The van der Waals surface area contributed by atoms with Gasteiger partial charge in [-0.25, -0.2) is 0 Å². The van der Waals surface area contributed by atoms with Crippen LogP contribution in [0.25, 0.3) is 10.9 Å². The number of nitrogens with one attached hydrogen (secondary N) is 1. The molecular formula is C12H11BrN2O2. The number of amides is 1. The molecule has 1 aromatic carbocycles. The first-order chi connectivity index (χ1) is 8.02. The molecule has 1 heterocycles. The monoisotopic (exact) mass is 294 g/mol. The van der Waals surface area contributed by atoms with Gasteiger partial charge in [0.15, 0.2) is 0 Å². The van der Waals surface area contributed by atoms with Crippen LogP contribution in [0.5, 0.6) is 0 Å². The van der Waals surface area contributed by atoms with Crippen LogP contribution in [0.3, 0.4) is 0 Å². The number of rotatable bonds is 1. The number of aromatic nitrogens is 1. The molecule has 2 rings (SSSR count). The lowest BCUT2D eigenvalue weighted by Gasteiger charge is -2.10. The van der Waals surface area contributed by atoms with Crippen LogP contribution in [0.1, 0.15) is 10.4 Å². The summed E-state index contributed by atoms with van der Waals surface area (Å²) in [6, 6.07) is 5.31. The third-order valence-corrected chi connectivity index (χ3v) is 3.16. The van der Waals surface area contributed by atoms with Crippen molar-refractivity contribution in [2.75, 3.05) is 14.1 Å². The molecule has 0 saturated carbocycles. The van der Waals surface area contributed by atoms with E-state index in [-0.39, 0.29) is 16.9 Å². The fourth-order valence-electron chi connectivity index (χ4n) is 1.61. The number of carbonyl (C=O) groups is 1. The van der Waals surface area contributed by atoms with E-state index in [1.165, 1.54) is 11.1 Å². The van der Waals surface area contributed by atoms with Crippen molar-refractivity contribution in [2.45, 2.75) is 0 Å². The maximum absolute atomic E-state index is 12.1. The molecule has 1 amide bonds. The van der Waals surface area contributed by atoms with E-state index < -0.39 is 0 Å². The summed E-state index contributed by atoms with van der Waals surface area (Å²) in [7, 11) is 3.24. The van der Waals surface area contributed by atoms with Gasteiger partial charge in [0.05, 0.1) is 5.52 Å². The van der Waals surface area contributed by atoms with Gasteiger partial charge in [0.2, 0.25) is 5.43 Å². The van der Waals surface area contributed by atoms with Crippen LogP contribution in [-0.2, 0) is 0 Å². The molecule has 0 saturated heterocycles. The molecule has 0 atom stereocenters. The summed E-state index contributed by atoms with van der Waals surface area (Å²) < 4.78 is 0.802. The Hall–Kier alpha value is -1.62. The molecule has 0 fully saturated rings. The first-order valence-corrected chi connectivity index (χ1v) is 5.83. The number of nitrogens with zero attached hydrogens (tertiary/aromatic N) is 1. The minimum atomic E-state index is -0.298. The molecule has 88 valence electrons. The summed E-state index contributed by atoms with van der Waals surface area (Å²) in [5, 5.41) is 0.507. The maximum Gasteiger partial charge on any atom is 0.258 e. The zero-order chi connectivity index (χ0) is 12.6. The van der Waals surface area contributed by atoms with Gasteiger partial charge in [0, 0.05) is 30.2 Å². The standard InChI is InChI=1S/C12H11BrN2O2/c1-15(2)12(17)8-6-14-10-7(11(8)16)4-3-5-9(10)13/h3-6H,1-2H3,(H,14,16). The van der Waals surface area contributed by atoms with E-state index in [0.717, 1.165) is 4.47 Å². The van der Waals surface area contributed by atoms with Gasteiger partial charge in [-0.2, -0.15) is 0 Å². The third-order valence-electron chi connectivity index (χ3n) is 2.50. The average Bonchev–Trinajstić information content (AvgIpc) is 2.30. The molecule has 17 heavy (non-hydrogen) atoms. The molecule has 0 bridgehead atoms. The Morgan fingerprint density at radius 2 is 2.06 bits per heavy atom. The van der Waals surface area contributed by atoms with Gasteiger partial charge in [-0.15, -0.1) is 0 Å². The Bertz CT molecular complexity index is 646. The largest absolute Gasteiger partial charge is 0.359 e. The first-order valence-electron chi connectivity index (χ1n) is 5.04. The molecule has 0 aliphatic rings. The normalized spacial score (nSPS) is 10.5. The van der Waals surface area contributed by atoms with Crippen LogP contribution in [0.15, 0.2) is 33.7 Å². The van der Waals surface area contributed by atoms with Crippen molar-refractivity contribution >= 4 is 32.7 Å². The van der Waals surface area contributed by atoms with Crippen molar-refractivity contribution < 1.29 is 4.79 Å². The fourth-order valence-corrected chi connectivity index (χ4v) is 2.10. The molecule has 5 heteroatoms. The Labute approximate surface area is 106 Å². The van der Waals surface area contributed by atoms with Crippen LogP contribution < -0.4 is 5.43 Å². The molecule has 0 spiro atoms. The summed E-state index contributed by atoms with van der Waals surface area (Å²) in [5.41, 5.74) is 0.604. The highest BCUT2D eigenvalue weighted by Gasteiger charge is 2.14. The fraction of sp³-hybridized carbons (Fsp3) is 0.167. The number of para-hydroxylation sites is 1. The SMILES string of the molecule is CN(C)C(=O)c1c[nH]c2c(Br)cccc2c1=O. The molecule has 0 aliphatic heterocycles. The van der Waals surface area contributed by atoms with E-state index in [0.29, 0.717) is 10.9 Å². The second-order valence-corrected chi connectivity index (χ2v) is 4.75. The number of fused-ring (bicyclic) bond motifs is 1. The maximum atomic E-state index is 12.1. The highest BCUT2D eigenvalue weighted by molar-refractivity contribution is 9.10. The lowest BCUT2D eigenvalue weighted by Crippen LogP contribution is -2.27. The molecule has 1 N–H and O–H groups in total. The van der Waals surface area contributed by atoms with E-state index >= 15 is 0 Å². The van der Waals surface area contributed by atoms with E-state index in [9.17, 15) is 9.59 Å². The Balaban J connectivity index is 2.76. The van der Waals surface area contributed by atoms with Crippen LogP contribution in [0.4, 0.5) is 0 Å². The third kappa shape index (κ3) is 1.98. The number of halogens is 1. The van der Waals surface area contributed by atoms with Gasteiger partial charge in [0.25, 0.3) is 5.91 Å². The van der Waals surface area contributed by atoms with Crippen LogP contribution in [0.2, 0.25) is 0 Å². The van der Waals surface area contributed by atoms with E-state index in [2.05, 4.69) is 20.9 Å². The van der Waals surface area contributed by atoms with E-state index in [1.54, 1.807) is 26.2 Å². The Morgan fingerprint density at radius 3 is 2.71 bits per heavy atom. The summed E-state index contributed by atoms with van der Waals surface area (Å²) in [4.78, 5) is 28.3. The van der Waals surface area contributed by atoms with Gasteiger partial charge in [0.1, 0.15) is 5.56 Å². The van der Waals surface area contributed by atoms with Crippen molar-refractivity contribution in [3.05, 3.63) is 44.7 Å². The zero-order valence-corrected chi connectivity index (χ0v) is 11.0. The summed E-state index contributed by atoms with van der Waals surface area (Å²) in [6.45, 7) is 0. The highest BCUT2D eigenvalue weighted by Crippen LogP contribution is 2.19. The van der Waals surface area contributed by atoms with Crippen LogP contribution in [0, 0.1) is 0 Å². The van der Waals surface area contributed by atoms with Crippen molar-refractivity contribution in [1.29, 1.82) is 0 Å². The first kappa shape index (κ1) is 11.9. The molecule has 4 nitrogen and oxygen atoms in total. The molecule has 0 unspecified atom stereocenters. The van der Waals surface area contributed by atoms with E-state index in [1.807, 2.05) is 6.07 Å². The van der Waals surface area contributed by atoms with Crippen LogP contribution >= 0.6 is 15.9 Å². The molecule has 1 aromatic heterocycles. The topological polar surface area (TPSA) is 53.2 Å². The lowest BCUT2D eigenvalue weighted by molar-refractivity contribution is 0.0826. The average molecular weight is 295 g/mol. The zero-order valence-electron chi connectivity index (χ0n) is 9.45. The number of carbonyl (C=O) groups excluding carboxylic acids is 1. The second kappa shape index (κ2) is 4.33. The number of H-pyrrole nitrogens is 1. The van der Waals surface area contributed by atoms with Gasteiger partial charge in [-0.1, -0.05) is 6.07 Å². The van der Waals surface area contributed by atoms with Crippen molar-refractivity contribution in [3.8, 4) is 0 Å². The summed E-state index contributed by atoms with van der Waals surface area (Å²) in [5.74, 6) is -0.298. The number of pyridine rings is 1. The van der Waals surface area contributed by atoms with E-state index in [4.69, 9.17) is 0 Å². The van der Waals surface area contributed by atoms with Crippen molar-refractivity contribution in [1.82, 2.24) is 9.88 Å². The van der Waals surface area contributed by atoms with Gasteiger partial charge >= 0.3 is 0 Å². The van der Waals surface area contributed by atoms with Crippen LogP contribution in [-0.4, -0.2) is 29.9 Å². The Kier molecular flexibility index (Phi) is 3.02. The minimum absolute atomic E-state index is 0.153. The van der Waals surface area contributed by atoms with Crippen molar-refractivity contribution in [2.24, 2.45) is 0 Å². The van der Waals surface area contributed by atoms with Gasteiger partial charge in [-0.3, -0.25) is 9.59 Å². The predicted octanol–water partition coefficient (Wildman–Crippen LogP) is 1.99. The smallest absolute Gasteiger partial charge is 0.258 e. The number of aromatic amines is 1. The highest BCUT2D eigenvalue weighted by atomic mass is 79.9. The minimum Gasteiger partial charge on any atom is -0.359 e. The summed E-state index contributed by atoms with van der Waals surface area (Å²) >= 11 is 3.36. The molecule has 0 radical (unpaired) electrons. The summed E-state index contributed by atoms with van der Waals surface area (Å²) in [6.07, 6.45) is 1.46. The molecule has 2 aromatic rings. The number of benzene rings is 1. The predicted molar refractivity (Wildman–Crippen MR) is 70.3 cm³/mol. The molecular weight excluding hydrogens is 284 g/mol.